The minimum Gasteiger partial charge on any atom is -0.482 e. The Morgan fingerprint density at radius 3 is 2.44 bits per heavy atom. The molecular weight excluding hydrogens is 233 g/mol. The van der Waals surface area contributed by atoms with Gasteiger partial charge in [-0.3, -0.25) is 9.69 Å². The van der Waals surface area contributed by atoms with Gasteiger partial charge in [0.2, 0.25) is 0 Å². The Labute approximate surface area is 103 Å². The number of carbonyl (C=O) groups is 1. The molecule has 1 aliphatic heterocycles. The molecule has 3 rings (SSSR count). The highest BCUT2D eigenvalue weighted by Crippen LogP contribution is 2.37. The number of anilines is 2. The molecule has 90 valence electrons. The summed E-state index contributed by atoms with van der Waals surface area (Å²) < 4.78 is 19.1. The number of para-hydroxylation sites is 3. The molecule has 4 heteroatoms. The first-order valence-electron chi connectivity index (χ1n) is 5.56. The number of rotatable bonds is 1. The Morgan fingerprint density at radius 1 is 1.00 bits per heavy atom. The molecule has 1 amide bonds. The summed E-state index contributed by atoms with van der Waals surface area (Å²) in [6, 6.07) is 13.3. The number of fused-ring (bicyclic) bond motifs is 1. The normalized spacial score (nSPS) is 14.1. The molecule has 0 radical (unpaired) electrons. The fourth-order valence-corrected chi connectivity index (χ4v) is 2.00. The number of ether oxygens (including phenoxy) is 1. The minimum absolute atomic E-state index is 0.0780. The quantitative estimate of drug-likeness (QED) is 0.770. The standard InChI is InChI=1S/C14H10FNO2/c15-10-5-1-2-6-11(10)16-12-7-3-4-8-13(12)18-9-14(16)17/h1-8H,9H2. The summed E-state index contributed by atoms with van der Waals surface area (Å²) in [5.41, 5.74) is 0.817. The highest BCUT2D eigenvalue weighted by molar-refractivity contribution is 6.04. The summed E-state index contributed by atoms with van der Waals surface area (Å²) in [6.45, 7) is -0.0780. The van der Waals surface area contributed by atoms with Crippen LogP contribution in [0.3, 0.4) is 0 Å². The van der Waals surface area contributed by atoms with E-state index < -0.39 is 5.82 Å². The summed E-state index contributed by atoms with van der Waals surface area (Å²) >= 11 is 0. The highest BCUT2D eigenvalue weighted by Gasteiger charge is 2.28. The second-order valence-corrected chi connectivity index (χ2v) is 3.94. The van der Waals surface area contributed by atoms with Crippen LogP contribution in [0, 0.1) is 5.82 Å². The van der Waals surface area contributed by atoms with Gasteiger partial charge in [0.1, 0.15) is 11.6 Å². The van der Waals surface area contributed by atoms with Crippen LogP contribution in [0.25, 0.3) is 0 Å². The van der Waals surface area contributed by atoms with Gasteiger partial charge in [0, 0.05) is 0 Å². The second kappa shape index (κ2) is 4.14. The Balaban J connectivity index is 2.17. The van der Waals surface area contributed by atoms with E-state index in [1.54, 1.807) is 36.4 Å². The molecule has 0 atom stereocenters. The van der Waals surface area contributed by atoms with Gasteiger partial charge >= 0.3 is 0 Å². The number of hydrogen-bond donors (Lipinski definition) is 0. The third-order valence-electron chi connectivity index (χ3n) is 2.80. The first-order chi connectivity index (χ1) is 8.77. The van der Waals surface area contributed by atoms with E-state index in [-0.39, 0.29) is 18.2 Å². The zero-order valence-corrected chi connectivity index (χ0v) is 9.47. The van der Waals surface area contributed by atoms with Crippen molar-refractivity contribution in [3.05, 3.63) is 54.3 Å². The average Bonchev–Trinajstić information content (AvgIpc) is 2.40. The van der Waals surface area contributed by atoms with Gasteiger partial charge in [-0.1, -0.05) is 24.3 Å². The van der Waals surface area contributed by atoms with Gasteiger partial charge in [0.25, 0.3) is 5.91 Å². The maximum Gasteiger partial charge on any atom is 0.269 e. The summed E-state index contributed by atoms with van der Waals surface area (Å²) in [6.07, 6.45) is 0. The lowest BCUT2D eigenvalue weighted by molar-refractivity contribution is -0.120. The van der Waals surface area contributed by atoms with Gasteiger partial charge in [-0.25, -0.2) is 4.39 Å². The van der Waals surface area contributed by atoms with Crippen LogP contribution in [0.2, 0.25) is 0 Å². The van der Waals surface area contributed by atoms with Crippen molar-refractivity contribution in [1.82, 2.24) is 0 Å². The number of nitrogens with zero attached hydrogens (tertiary/aromatic N) is 1. The van der Waals surface area contributed by atoms with E-state index in [1.807, 2.05) is 6.07 Å². The monoisotopic (exact) mass is 243 g/mol. The number of carbonyl (C=O) groups excluding carboxylic acids is 1. The molecule has 2 aromatic carbocycles. The molecule has 2 aromatic rings. The molecule has 0 N–H and O–H groups in total. The molecule has 0 bridgehead atoms. The molecule has 3 nitrogen and oxygen atoms in total. The smallest absolute Gasteiger partial charge is 0.269 e. The zero-order chi connectivity index (χ0) is 12.5. The average molecular weight is 243 g/mol. The van der Waals surface area contributed by atoms with Crippen molar-refractivity contribution in [3.8, 4) is 5.75 Å². The molecule has 0 unspecified atom stereocenters. The number of halogens is 1. The van der Waals surface area contributed by atoms with Gasteiger partial charge in [-0.15, -0.1) is 0 Å². The maximum absolute atomic E-state index is 13.8. The van der Waals surface area contributed by atoms with Crippen LogP contribution in [0.4, 0.5) is 15.8 Å². The fraction of sp³-hybridized carbons (Fsp3) is 0.0714. The van der Waals surface area contributed by atoms with Crippen molar-refractivity contribution in [3.63, 3.8) is 0 Å². The van der Waals surface area contributed by atoms with Gasteiger partial charge in [-0.05, 0) is 24.3 Å². The summed E-state index contributed by atoms with van der Waals surface area (Å²) in [5, 5.41) is 0. The van der Waals surface area contributed by atoms with E-state index in [0.717, 1.165) is 0 Å². The van der Waals surface area contributed by atoms with E-state index in [0.29, 0.717) is 11.4 Å². The van der Waals surface area contributed by atoms with Crippen LogP contribution in [0.1, 0.15) is 0 Å². The predicted octanol–water partition coefficient (Wildman–Crippen LogP) is 2.88. The Bertz CT molecular complexity index is 612. The SMILES string of the molecule is O=C1COc2ccccc2N1c1ccccc1F. The lowest BCUT2D eigenvalue weighted by atomic mass is 10.2. The van der Waals surface area contributed by atoms with E-state index in [1.165, 1.54) is 11.0 Å². The van der Waals surface area contributed by atoms with Crippen molar-refractivity contribution >= 4 is 17.3 Å². The fourth-order valence-electron chi connectivity index (χ4n) is 2.00. The molecule has 0 saturated heterocycles. The van der Waals surface area contributed by atoms with Gasteiger partial charge in [-0.2, -0.15) is 0 Å². The van der Waals surface area contributed by atoms with Crippen LogP contribution in [0.15, 0.2) is 48.5 Å². The van der Waals surface area contributed by atoms with Gasteiger partial charge in [0.05, 0.1) is 11.4 Å². The van der Waals surface area contributed by atoms with Crippen molar-refractivity contribution in [2.45, 2.75) is 0 Å². The Kier molecular flexibility index (Phi) is 2.48. The van der Waals surface area contributed by atoms with Crippen molar-refractivity contribution in [2.24, 2.45) is 0 Å². The summed E-state index contributed by atoms with van der Waals surface area (Å²) in [7, 11) is 0. The lowest BCUT2D eigenvalue weighted by Crippen LogP contribution is -2.35. The lowest BCUT2D eigenvalue weighted by Gasteiger charge is -2.29. The Morgan fingerprint density at radius 2 is 1.67 bits per heavy atom. The van der Waals surface area contributed by atoms with E-state index in [2.05, 4.69) is 0 Å². The van der Waals surface area contributed by atoms with Crippen molar-refractivity contribution < 1.29 is 13.9 Å². The molecule has 0 saturated carbocycles. The molecule has 1 heterocycles. The number of amides is 1. The number of hydrogen-bond acceptors (Lipinski definition) is 2. The first kappa shape index (κ1) is 10.8. The third kappa shape index (κ3) is 1.62. The van der Waals surface area contributed by atoms with Crippen molar-refractivity contribution in [1.29, 1.82) is 0 Å². The van der Waals surface area contributed by atoms with Crippen LogP contribution in [-0.2, 0) is 4.79 Å². The third-order valence-corrected chi connectivity index (χ3v) is 2.80. The largest absolute Gasteiger partial charge is 0.482 e. The summed E-state index contributed by atoms with van der Waals surface area (Å²) in [4.78, 5) is 13.3. The van der Waals surface area contributed by atoms with Gasteiger partial charge < -0.3 is 4.74 Å². The van der Waals surface area contributed by atoms with E-state index in [4.69, 9.17) is 4.74 Å². The maximum atomic E-state index is 13.8. The highest BCUT2D eigenvalue weighted by atomic mass is 19.1. The van der Waals surface area contributed by atoms with E-state index in [9.17, 15) is 9.18 Å². The Hall–Kier alpha value is -2.36. The van der Waals surface area contributed by atoms with Crippen LogP contribution in [-0.4, -0.2) is 12.5 Å². The van der Waals surface area contributed by atoms with E-state index >= 15 is 0 Å². The molecular formula is C14H10FNO2. The molecule has 0 fully saturated rings. The second-order valence-electron chi connectivity index (χ2n) is 3.94. The zero-order valence-electron chi connectivity index (χ0n) is 9.47. The molecule has 1 aliphatic rings. The molecule has 0 aliphatic carbocycles. The topological polar surface area (TPSA) is 29.5 Å². The van der Waals surface area contributed by atoms with Crippen LogP contribution < -0.4 is 9.64 Å². The van der Waals surface area contributed by atoms with Crippen LogP contribution >= 0.6 is 0 Å². The predicted molar refractivity (Wildman–Crippen MR) is 65.5 cm³/mol. The summed E-state index contributed by atoms with van der Waals surface area (Å²) in [5.74, 6) is -0.123. The molecule has 0 aromatic heterocycles. The minimum atomic E-state index is -0.428. The molecule has 0 spiro atoms. The van der Waals surface area contributed by atoms with Gasteiger partial charge in [0.15, 0.2) is 6.61 Å². The first-order valence-corrected chi connectivity index (χ1v) is 5.56. The van der Waals surface area contributed by atoms with Crippen LogP contribution in [0.5, 0.6) is 5.75 Å². The number of benzene rings is 2. The molecule has 18 heavy (non-hydrogen) atoms. The van der Waals surface area contributed by atoms with Crippen molar-refractivity contribution in [2.75, 3.05) is 11.5 Å².